The standard InChI is InChI=1S/C18H20N2O2/c1-22-17-9-5-8-15(12-17)19-16-10-11-20(13-16)18(21)14-6-3-2-4-7-14/h2-9,12,16,19H,10-11,13H2,1H3. The molecule has 1 aliphatic heterocycles. The van der Waals surface area contributed by atoms with Crippen molar-refractivity contribution in [3.8, 4) is 5.75 Å². The molecule has 1 heterocycles. The number of hydrogen-bond donors (Lipinski definition) is 1. The summed E-state index contributed by atoms with van der Waals surface area (Å²) >= 11 is 0. The highest BCUT2D eigenvalue weighted by Crippen LogP contribution is 2.21. The van der Waals surface area contributed by atoms with Crippen LogP contribution in [0, 0.1) is 0 Å². The number of likely N-dealkylation sites (tertiary alicyclic amines) is 1. The van der Waals surface area contributed by atoms with E-state index in [0.29, 0.717) is 0 Å². The smallest absolute Gasteiger partial charge is 0.253 e. The number of rotatable bonds is 4. The molecular weight excluding hydrogens is 276 g/mol. The molecular formula is C18H20N2O2. The van der Waals surface area contributed by atoms with Gasteiger partial charge in [-0.15, -0.1) is 0 Å². The Hall–Kier alpha value is -2.49. The first-order valence-corrected chi connectivity index (χ1v) is 7.51. The van der Waals surface area contributed by atoms with Crippen LogP contribution < -0.4 is 10.1 Å². The Morgan fingerprint density at radius 2 is 2.00 bits per heavy atom. The fourth-order valence-corrected chi connectivity index (χ4v) is 2.77. The van der Waals surface area contributed by atoms with Crippen LogP contribution in [0.2, 0.25) is 0 Å². The molecule has 1 amide bonds. The van der Waals surface area contributed by atoms with E-state index in [0.717, 1.165) is 36.5 Å². The van der Waals surface area contributed by atoms with Crippen LogP contribution in [0.1, 0.15) is 16.8 Å². The monoisotopic (exact) mass is 296 g/mol. The molecule has 1 unspecified atom stereocenters. The summed E-state index contributed by atoms with van der Waals surface area (Å²) in [6.07, 6.45) is 0.954. The van der Waals surface area contributed by atoms with Crippen LogP contribution in [-0.2, 0) is 0 Å². The summed E-state index contributed by atoms with van der Waals surface area (Å²) in [7, 11) is 1.66. The molecule has 3 rings (SSSR count). The first-order chi connectivity index (χ1) is 10.8. The van der Waals surface area contributed by atoms with Gasteiger partial charge in [-0.1, -0.05) is 24.3 Å². The molecule has 4 heteroatoms. The van der Waals surface area contributed by atoms with Gasteiger partial charge in [0.15, 0.2) is 0 Å². The Morgan fingerprint density at radius 1 is 1.18 bits per heavy atom. The van der Waals surface area contributed by atoms with Gasteiger partial charge in [-0.3, -0.25) is 4.79 Å². The van der Waals surface area contributed by atoms with E-state index in [9.17, 15) is 4.79 Å². The summed E-state index contributed by atoms with van der Waals surface area (Å²) in [5.41, 5.74) is 1.78. The van der Waals surface area contributed by atoms with Crippen molar-refractivity contribution in [2.75, 3.05) is 25.5 Å². The van der Waals surface area contributed by atoms with Gasteiger partial charge in [-0.2, -0.15) is 0 Å². The number of carbonyl (C=O) groups is 1. The van der Waals surface area contributed by atoms with Crippen LogP contribution in [0.5, 0.6) is 5.75 Å². The molecule has 0 radical (unpaired) electrons. The average molecular weight is 296 g/mol. The number of nitrogens with zero attached hydrogens (tertiary/aromatic N) is 1. The van der Waals surface area contributed by atoms with Gasteiger partial charge in [0.2, 0.25) is 0 Å². The highest BCUT2D eigenvalue weighted by atomic mass is 16.5. The normalized spacial score (nSPS) is 17.3. The summed E-state index contributed by atoms with van der Waals surface area (Å²) in [5.74, 6) is 0.941. The molecule has 114 valence electrons. The molecule has 1 fully saturated rings. The molecule has 22 heavy (non-hydrogen) atoms. The van der Waals surface area contributed by atoms with Crippen molar-refractivity contribution in [2.24, 2.45) is 0 Å². The Kier molecular flexibility index (Phi) is 4.28. The van der Waals surface area contributed by atoms with E-state index in [-0.39, 0.29) is 11.9 Å². The highest BCUT2D eigenvalue weighted by Gasteiger charge is 2.26. The minimum Gasteiger partial charge on any atom is -0.497 e. The molecule has 0 bridgehead atoms. The maximum absolute atomic E-state index is 12.4. The number of nitrogens with one attached hydrogen (secondary N) is 1. The fraction of sp³-hybridized carbons (Fsp3) is 0.278. The van der Waals surface area contributed by atoms with E-state index < -0.39 is 0 Å². The maximum Gasteiger partial charge on any atom is 0.253 e. The number of hydrogen-bond acceptors (Lipinski definition) is 3. The molecule has 1 saturated heterocycles. The van der Waals surface area contributed by atoms with Gasteiger partial charge in [0, 0.05) is 36.4 Å². The average Bonchev–Trinajstić information content (AvgIpc) is 3.03. The first-order valence-electron chi connectivity index (χ1n) is 7.51. The number of methoxy groups -OCH3 is 1. The SMILES string of the molecule is COc1cccc(NC2CCN(C(=O)c3ccccc3)C2)c1. The molecule has 4 nitrogen and oxygen atoms in total. The lowest BCUT2D eigenvalue weighted by Gasteiger charge is -2.18. The van der Waals surface area contributed by atoms with Crippen LogP contribution in [0.15, 0.2) is 54.6 Å². The molecule has 2 aromatic carbocycles. The highest BCUT2D eigenvalue weighted by molar-refractivity contribution is 5.94. The molecule has 0 saturated carbocycles. The van der Waals surface area contributed by atoms with E-state index in [1.807, 2.05) is 59.5 Å². The van der Waals surface area contributed by atoms with Gasteiger partial charge in [0.1, 0.15) is 5.75 Å². The zero-order chi connectivity index (χ0) is 15.4. The quantitative estimate of drug-likeness (QED) is 0.943. The van der Waals surface area contributed by atoms with Crippen LogP contribution >= 0.6 is 0 Å². The Morgan fingerprint density at radius 3 is 2.77 bits per heavy atom. The van der Waals surface area contributed by atoms with Gasteiger partial charge in [0.05, 0.1) is 7.11 Å². The van der Waals surface area contributed by atoms with Crippen LogP contribution in [0.3, 0.4) is 0 Å². The molecule has 1 N–H and O–H groups in total. The number of benzene rings is 2. The minimum atomic E-state index is 0.107. The summed E-state index contributed by atoms with van der Waals surface area (Å²) < 4.78 is 5.23. The van der Waals surface area contributed by atoms with E-state index in [1.54, 1.807) is 7.11 Å². The van der Waals surface area contributed by atoms with Crippen LogP contribution in [0.25, 0.3) is 0 Å². The van der Waals surface area contributed by atoms with E-state index >= 15 is 0 Å². The van der Waals surface area contributed by atoms with Crippen molar-refractivity contribution in [3.05, 3.63) is 60.2 Å². The minimum absolute atomic E-state index is 0.107. The number of carbonyl (C=O) groups excluding carboxylic acids is 1. The van der Waals surface area contributed by atoms with Crippen molar-refractivity contribution >= 4 is 11.6 Å². The van der Waals surface area contributed by atoms with Crippen LogP contribution in [0.4, 0.5) is 5.69 Å². The van der Waals surface area contributed by atoms with E-state index in [2.05, 4.69) is 5.32 Å². The molecule has 1 atom stereocenters. The number of ether oxygens (including phenoxy) is 1. The largest absolute Gasteiger partial charge is 0.497 e. The number of amides is 1. The zero-order valence-corrected chi connectivity index (χ0v) is 12.7. The predicted octanol–water partition coefficient (Wildman–Crippen LogP) is 3.02. The van der Waals surface area contributed by atoms with Gasteiger partial charge in [-0.25, -0.2) is 0 Å². The molecule has 2 aromatic rings. The second kappa shape index (κ2) is 6.52. The maximum atomic E-state index is 12.4. The van der Waals surface area contributed by atoms with Gasteiger partial charge >= 0.3 is 0 Å². The Balaban J connectivity index is 1.61. The number of anilines is 1. The lowest BCUT2D eigenvalue weighted by atomic mass is 10.2. The van der Waals surface area contributed by atoms with Crippen molar-refractivity contribution in [1.82, 2.24) is 4.90 Å². The van der Waals surface area contributed by atoms with Gasteiger partial charge < -0.3 is 15.0 Å². The Bertz CT molecular complexity index is 643. The van der Waals surface area contributed by atoms with Crippen molar-refractivity contribution < 1.29 is 9.53 Å². The lowest BCUT2D eigenvalue weighted by Crippen LogP contribution is -2.31. The van der Waals surface area contributed by atoms with Gasteiger partial charge in [-0.05, 0) is 30.7 Å². The van der Waals surface area contributed by atoms with Crippen LogP contribution in [-0.4, -0.2) is 37.0 Å². The summed E-state index contributed by atoms with van der Waals surface area (Å²) in [5, 5.41) is 3.48. The summed E-state index contributed by atoms with van der Waals surface area (Å²) in [6.45, 7) is 1.51. The second-order valence-electron chi connectivity index (χ2n) is 5.48. The first kappa shape index (κ1) is 14.4. The molecule has 0 aliphatic carbocycles. The second-order valence-corrected chi connectivity index (χ2v) is 5.48. The lowest BCUT2D eigenvalue weighted by molar-refractivity contribution is 0.0791. The van der Waals surface area contributed by atoms with Crippen molar-refractivity contribution in [1.29, 1.82) is 0 Å². The Labute approximate surface area is 130 Å². The van der Waals surface area contributed by atoms with E-state index in [4.69, 9.17) is 4.74 Å². The zero-order valence-electron chi connectivity index (χ0n) is 12.7. The van der Waals surface area contributed by atoms with E-state index in [1.165, 1.54) is 0 Å². The third-order valence-corrected chi connectivity index (χ3v) is 3.94. The third kappa shape index (κ3) is 3.22. The topological polar surface area (TPSA) is 41.6 Å². The van der Waals surface area contributed by atoms with Crippen molar-refractivity contribution in [2.45, 2.75) is 12.5 Å². The molecule has 0 spiro atoms. The predicted molar refractivity (Wildman–Crippen MR) is 87.4 cm³/mol. The molecule has 1 aliphatic rings. The fourth-order valence-electron chi connectivity index (χ4n) is 2.77. The van der Waals surface area contributed by atoms with Crippen molar-refractivity contribution in [3.63, 3.8) is 0 Å². The summed E-state index contributed by atoms with van der Waals surface area (Å²) in [6, 6.07) is 17.6. The van der Waals surface area contributed by atoms with Gasteiger partial charge in [0.25, 0.3) is 5.91 Å². The third-order valence-electron chi connectivity index (χ3n) is 3.94. The summed E-state index contributed by atoms with van der Waals surface area (Å²) in [4.78, 5) is 14.3. The molecule has 0 aromatic heterocycles.